The van der Waals surface area contributed by atoms with Gasteiger partial charge in [-0.15, -0.1) is 0 Å². The number of benzene rings is 1. The van der Waals surface area contributed by atoms with Crippen molar-refractivity contribution in [2.24, 2.45) is 0 Å². The van der Waals surface area contributed by atoms with Gasteiger partial charge in [-0.05, 0) is 38.6 Å². The molecule has 0 amide bonds. The van der Waals surface area contributed by atoms with Crippen LogP contribution in [0.3, 0.4) is 0 Å². The molecule has 1 heterocycles. The van der Waals surface area contributed by atoms with E-state index in [1.54, 1.807) is 0 Å². The lowest BCUT2D eigenvalue weighted by Crippen LogP contribution is -2.49. The van der Waals surface area contributed by atoms with Crippen LogP contribution in [0, 0.1) is 11.6 Å². The third kappa shape index (κ3) is 5.02. The van der Waals surface area contributed by atoms with E-state index in [1.807, 2.05) is 6.92 Å². The molecule has 1 aliphatic rings. The molecule has 5 heteroatoms. The van der Waals surface area contributed by atoms with Gasteiger partial charge in [0.25, 0.3) is 0 Å². The van der Waals surface area contributed by atoms with Crippen molar-refractivity contribution in [2.75, 3.05) is 39.8 Å². The van der Waals surface area contributed by atoms with Crippen LogP contribution in [0.1, 0.15) is 25.5 Å². The summed E-state index contributed by atoms with van der Waals surface area (Å²) < 4.78 is 26.5. The Bertz CT molecular complexity index is 439. The topological polar surface area (TPSA) is 18.5 Å². The fourth-order valence-corrected chi connectivity index (χ4v) is 2.82. The molecule has 1 aromatic carbocycles. The largest absolute Gasteiger partial charge is 0.306 e. The Morgan fingerprint density at radius 3 is 2.19 bits per heavy atom. The highest BCUT2D eigenvalue weighted by atomic mass is 19.1. The maximum atomic E-state index is 13.3. The van der Waals surface area contributed by atoms with Gasteiger partial charge in [-0.2, -0.15) is 0 Å². The summed E-state index contributed by atoms with van der Waals surface area (Å²) in [5.74, 6) is -1.05. The van der Waals surface area contributed by atoms with Crippen LogP contribution in [0.4, 0.5) is 8.78 Å². The first-order chi connectivity index (χ1) is 9.94. The van der Waals surface area contributed by atoms with Crippen molar-refractivity contribution in [1.82, 2.24) is 15.1 Å². The number of rotatable bonds is 5. The molecule has 118 valence electrons. The number of halogens is 2. The van der Waals surface area contributed by atoms with Crippen molar-refractivity contribution in [2.45, 2.75) is 25.9 Å². The van der Waals surface area contributed by atoms with Gasteiger partial charge in [-0.25, -0.2) is 8.78 Å². The zero-order valence-electron chi connectivity index (χ0n) is 13.1. The smallest absolute Gasteiger partial charge is 0.126 e. The predicted molar refractivity (Wildman–Crippen MR) is 81.3 cm³/mol. The van der Waals surface area contributed by atoms with Gasteiger partial charge in [0.05, 0.1) is 0 Å². The number of nitrogens with zero attached hydrogens (tertiary/aromatic N) is 2. The maximum Gasteiger partial charge on any atom is 0.126 e. The number of nitrogens with one attached hydrogen (secondary N) is 1. The van der Waals surface area contributed by atoms with Crippen LogP contribution < -0.4 is 5.32 Å². The minimum atomic E-state index is -0.523. The molecular formula is C16H25F2N3. The van der Waals surface area contributed by atoms with Crippen molar-refractivity contribution in [3.05, 3.63) is 35.4 Å². The summed E-state index contributed by atoms with van der Waals surface area (Å²) in [6.07, 6.45) is 0. The first-order valence-electron chi connectivity index (χ1n) is 7.57. The van der Waals surface area contributed by atoms with Crippen molar-refractivity contribution in [1.29, 1.82) is 0 Å². The van der Waals surface area contributed by atoms with E-state index >= 15 is 0 Å². The van der Waals surface area contributed by atoms with Crippen LogP contribution in [0.5, 0.6) is 0 Å². The molecule has 21 heavy (non-hydrogen) atoms. The van der Waals surface area contributed by atoms with Gasteiger partial charge in [0.2, 0.25) is 0 Å². The van der Waals surface area contributed by atoms with Crippen LogP contribution in [0.25, 0.3) is 0 Å². The van der Waals surface area contributed by atoms with Gasteiger partial charge < -0.3 is 10.2 Å². The quantitative estimate of drug-likeness (QED) is 0.899. The van der Waals surface area contributed by atoms with Gasteiger partial charge in [-0.3, -0.25) is 4.90 Å². The van der Waals surface area contributed by atoms with E-state index in [1.165, 1.54) is 12.1 Å². The molecule has 2 rings (SSSR count). The highest BCUT2D eigenvalue weighted by molar-refractivity contribution is 5.21. The lowest BCUT2D eigenvalue weighted by Gasteiger charge is -2.34. The first-order valence-corrected chi connectivity index (χ1v) is 7.57. The van der Waals surface area contributed by atoms with Gasteiger partial charge in [-0.1, -0.05) is 0 Å². The standard InChI is InChI=1S/C16H25F2N3/c1-12(11-21-6-4-20(3)5-7-21)19-13(2)14-8-15(17)10-16(18)9-14/h8-10,12-13,19H,4-7,11H2,1-3H3/t12-,13-/m0/s1. The summed E-state index contributed by atoms with van der Waals surface area (Å²) in [5, 5.41) is 3.42. The van der Waals surface area contributed by atoms with E-state index in [-0.39, 0.29) is 12.1 Å². The molecule has 0 saturated carbocycles. The SMILES string of the molecule is C[C@H](N[C@@H](C)CN1CCN(C)CC1)c1cc(F)cc(F)c1. The molecule has 0 aromatic heterocycles. The van der Waals surface area contributed by atoms with E-state index in [2.05, 4.69) is 29.1 Å². The highest BCUT2D eigenvalue weighted by Gasteiger charge is 2.17. The van der Waals surface area contributed by atoms with Gasteiger partial charge in [0.1, 0.15) is 11.6 Å². The molecule has 0 unspecified atom stereocenters. The minimum absolute atomic E-state index is 0.0716. The second-order valence-corrected chi connectivity index (χ2v) is 6.10. The number of hydrogen-bond acceptors (Lipinski definition) is 3. The summed E-state index contributed by atoms with van der Waals surface area (Å²) in [6, 6.07) is 3.89. The highest BCUT2D eigenvalue weighted by Crippen LogP contribution is 2.16. The summed E-state index contributed by atoms with van der Waals surface area (Å²) in [4.78, 5) is 4.75. The van der Waals surface area contributed by atoms with Crippen molar-refractivity contribution in [3.8, 4) is 0 Å². The lowest BCUT2D eigenvalue weighted by molar-refractivity contribution is 0.142. The van der Waals surface area contributed by atoms with E-state index in [0.29, 0.717) is 5.56 Å². The molecule has 3 nitrogen and oxygen atoms in total. The van der Waals surface area contributed by atoms with E-state index in [9.17, 15) is 8.78 Å². The van der Waals surface area contributed by atoms with Crippen LogP contribution in [0.2, 0.25) is 0 Å². The summed E-state index contributed by atoms with van der Waals surface area (Å²) >= 11 is 0. The minimum Gasteiger partial charge on any atom is -0.306 e. The molecule has 0 radical (unpaired) electrons. The number of piperazine rings is 1. The van der Waals surface area contributed by atoms with E-state index < -0.39 is 11.6 Å². The zero-order chi connectivity index (χ0) is 15.4. The molecule has 1 aliphatic heterocycles. The molecule has 1 aromatic rings. The Balaban J connectivity index is 1.85. The number of likely N-dealkylation sites (N-methyl/N-ethyl adjacent to an activating group) is 1. The Hall–Kier alpha value is -1.04. The summed E-state index contributed by atoms with van der Waals surface area (Å²) in [5.41, 5.74) is 0.651. The van der Waals surface area contributed by atoms with E-state index in [0.717, 1.165) is 38.8 Å². The monoisotopic (exact) mass is 297 g/mol. The zero-order valence-corrected chi connectivity index (χ0v) is 13.1. The molecule has 2 atom stereocenters. The van der Waals surface area contributed by atoms with Crippen molar-refractivity contribution < 1.29 is 8.78 Å². The second kappa shape index (κ2) is 7.29. The molecular weight excluding hydrogens is 272 g/mol. The van der Waals surface area contributed by atoms with Crippen molar-refractivity contribution >= 4 is 0 Å². The maximum absolute atomic E-state index is 13.3. The van der Waals surface area contributed by atoms with Gasteiger partial charge in [0, 0.05) is 50.9 Å². The average Bonchev–Trinajstić information content (AvgIpc) is 2.40. The Morgan fingerprint density at radius 2 is 1.62 bits per heavy atom. The summed E-state index contributed by atoms with van der Waals surface area (Å²) in [7, 11) is 2.14. The average molecular weight is 297 g/mol. The van der Waals surface area contributed by atoms with Gasteiger partial charge >= 0.3 is 0 Å². The fourth-order valence-electron chi connectivity index (χ4n) is 2.82. The fraction of sp³-hybridized carbons (Fsp3) is 0.625. The Labute approximate surface area is 125 Å². The van der Waals surface area contributed by atoms with Crippen molar-refractivity contribution in [3.63, 3.8) is 0 Å². The van der Waals surface area contributed by atoms with Crippen LogP contribution >= 0.6 is 0 Å². The predicted octanol–water partition coefficient (Wildman–Crippen LogP) is 2.25. The number of hydrogen-bond donors (Lipinski definition) is 1. The normalized spacial score (nSPS) is 20.4. The molecule has 0 spiro atoms. The molecule has 0 bridgehead atoms. The Kier molecular flexibility index (Phi) is 5.67. The molecule has 1 saturated heterocycles. The van der Waals surface area contributed by atoms with E-state index in [4.69, 9.17) is 0 Å². The third-order valence-electron chi connectivity index (χ3n) is 4.05. The molecule has 1 N–H and O–H groups in total. The van der Waals surface area contributed by atoms with Crippen LogP contribution in [0.15, 0.2) is 18.2 Å². The Morgan fingerprint density at radius 1 is 1.05 bits per heavy atom. The lowest BCUT2D eigenvalue weighted by atomic mass is 10.1. The molecule has 1 fully saturated rings. The van der Waals surface area contributed by atoms with Crippen LogP contribution in [-0.2, 0) is 0 Å². The summed E-state index contributed by atoms with van der Waals surface area (Å²) in [6.45, 7) is 9.35. The third-order valence-corrected chi connectivity index (χ3v) is 4.05. The first kappa shape index (κ1) is 16.3. The second-order valence-electron chi connectivity index (χ2n) is 6.10. The van der Waals surface area contributed by atoms with Gasteiger partial charge in [0.15, 0.2) is 0 Å². The molecule has 0 aliphatic carbocycles. The van der Waals surface area contributed by atoms with Crippen LogP contribution in [-0.4, -0.2) is 55.6 Å².